The second kappa shape index (κ2) is 6.13. The largest absolute Gasteiger partial charge is 0.812 e. The number of pyridine rings is 1. The molecule has 0 amide bonds. The fourth-order valence-electron chi connectivity index (χ4n) is 0.748. The van der Waals surface area contributed by atoms with Crippen molar-refractivity contribution in [1.82, 2.24) is 4.98 Å². The summed E-state index contributed by atoms with van der Waals surface area (Å²) >= 11 is 7.98. The van der Waals surface area contributed by atoms with E-state index in [1.165, 1.54) is 22.4 Å². The number of rotatable bonds is 4. The topological polar surface area (TPSA) is 56.0 Å². The number of alkyl halides is 1. The molecule has 0 aliphatic heterocycles. The molecular weight excluding hydrogens is 353 g/mol. The normalized spacial score (nSPS) is 9.86. The van der Waals surface area contributed by atoms with Gasteiger partial charge in [0.2, 0.25) is 0 Å². The molecule has 2 radical (unpaired) electrons. The van der Waals surface area contributed by atoms with Gasteiger partial charge < -0.3 is 22.6 Å². The first kappa shape index (κ1) is 12.5. The van der Waals surface area contributed by atoms with Crippen LogP contribution in [0, 0.1) is 10.1 Å². The smallest absolute Gasteiger partial charge is 0.301 e. The van der Waals surface area contributed by atoms with Crippen LogP contribution in [0.4, 0.5) is 5.69 Å². The summed E-state index contributed by atoms with van der Waals surface area (Å²) in [4.78, 5) is 14.1. The molecule has 0 fully saturated rings. The average molecular weight is 358 g/mol. The van der Waals surface area contributed by atoms with E-state index in [-0.39, 0.29) is 19.8 Å². The fraction of sp³-hybridized carbons (Fsp3) is 0.167. The predicted octanol–water partition coefficient (Wildman–Crippen LogP) is -1.13. The molecule has 0 aromatic carbocycles. The summed E-state index contributed by atoms with van der Waals surface area (Å²) in [5.41, 5.74) is -0.000139. The summed E-state index contributed by atoms with van der Waals surface area (Å²) in [5.74, 6) is 0. The highest BCUT2D eigenvalue weighted by atomic mass is 127. The summed E-state index contributed by atoms with van der Waals surface area (Å²) < 4.78 is 1.00. The molecule has 0 saturated carbocycles. The van der Waals surface area contributed by atoms with E-state index in [0.29, 0.717) is 10.0 Å². The molecule has 0 aliphatic carbocycles. The fourth-order valence-corrected chi connectivity index (χ4v) is 4.31. The zero-order valence-corrected chi connectivity index (χ0v) is 11.7. The van der Waals surface area contributed by atoms with E-state index in [1.807, 2.05) is 0 Å². The van der Waals surface area contributed by atoms with Gasteiger partial charge >= 0.3 is 5.69 Å². The lowest BCUT2D eigenvalue weighted by Gasteiger charge is -2.02. The Morgan fingerprint density at radius 1 is 1.79 bits per heavy atom. The minimum absolute atomic E-state index is 0.000139. The summed E-state index contributed by atoms with van der Waals surface area (Å²) in [6, 6.07) is 1.34. The second-order valence-corrected chi connectivity index (χ2v) is 8.22. The first-order valence-corrected chi connectivity index (χ1v) is 8.50. The third-order valence-electron chi connectivity index (χ3n) is 1.25. The SMILES string of the molecule is O=[N+]([O-])c1cc(Cl)cnc1[S][Al][CH2][I-]. The minimum atomic E-state index is -0.451. The Morgan fingerprint density at radius 2 is 2.50 bits per heavy atom. The van der Waals surface area contributed by atoms with Crippen LogP contribution >= 0.6 is 21.7 Å². The van der Waals surface area contributed by atoms with Gasteiger partial charge in [0.25, 0.3) is 14.1 Å². The average Bonchev–Trinajstić information content (AvgIpc) is 2.15. The maximum atomic E-state index is 10.6. The summed E-state index contributed by atoms with van der Waals surface area (Å²) in [5, 5.41) is 11.4. The Bertz CT molecular complexity index is 355. The summed E-state index contributed by atoms with van der Waals surface area (Å²) in [6.45, 7) is 0. The van der Waals surface area contributed by atoms with E-state index < -0.39 is 4.92 Å². The van der Waals surface area contributed by atoms with E-state index >= 15 is 0 Å². The third-order valence-corrected chi connectivity index (χ3v) is 7.07. The highest BCUT2D eigenvalue weighted by Gasteiger charge is 2.15. The molecule has 1 heterocycles. The Morgan fingerprint density at radius 3 is 3.07 bits per heavy atom. The number of halogens is 2. The third kappa shape index (κ3) is 3.55. The second-order valence-electron chi connectivity index (χ2n) is 2.17. The van der Waals surface area contributed by atoms with Crippen molar-refractivity contribution < 1.29 is 27.5 Å². The van der Waals surface area contributed by atoms with E-state index in [2.05, 4.69) is 27.6 Å². The van der Waals surface area contributed by atoms with Crippen LogP contribution in [0.2, 0.25) is 5.02 Å². The van der Waals surface area contributed by atoms with Gasteiger partial charge in [0.1, 0.15) is 0 Å². The molecule has 0 spiro atoms. The van der Waals surface area contributed by atoms with Crippen molar-refractivity contribution in [2.45, 2.75) is 5.03 Å². The molecule has 1 aromatic heterocycles. The first-order valence-electron chi connectivity index (χ1n) is 3.49. The molecule has 14 heavy (non-hydrogen) atoms. The van der Waals surface area contributed by atoms with Gasteiger partial charge in [-0.1, -0.05) is 11.6 Å². The molecule has 74 valence electrons. The van der Waals surface area contributed by atoms with Crippen LogP contribution in [0.3, 0.4) is 0 Å². The molecule has 0 aliphatic rings. The maximum absolute atomic E-state index is 10.6. The lowest BCUT2D eigenvalue weighted by atomic mass is 10.4. The van der Waals surface area contributed by atoms with Crippen molar-refractivity contribution in [3.63, 3.8) is 0 Å². The zero-order valence-electron chi connectivity index (χ0n) is 6.81. The van der Waals surface area contributed by atoms with Gasteiger partial charge in [-0.05, 0) is 0 Å². The first-order chi connectivity index (χ1) is 6.65. The van der Waals surface area contributed by atoms with Crippen molar-refractivity contribution in [2.75, 3.05) is 3.29 Å². The Hall–Kier alpha value is 0.452. The molecule has 0 N–H and O–H groups in total. The molecule has 4 nitrogen and oxygen atoms in total. The van der Waals surface area contributed by atoms with Crippen LogP contribution in [0.25, 0.3) is 0 Å². The molecule has 1 rings (SSSR count). The molecule has 0 saturated heterocycles. The van der Waals surface area contributed by atoms with Gasteiger partial charge in [-0.2, -0.15) is 0 Å². The van der Waals surface area contributed by atoms with Gasteiger partial charge in [-0.15, -0.1) is 0 Å². The van der Waals surface area contributed by atoms with E-state index in [1.54, 1.807) is 0 Å². The highest BCUT2D eigenvalue weighted by molar-refractivity contribution is 8.22. The number of nitro groups is 1. The van der Waals surface area contributed by atoms with Crippen molar-refractivity contribution in [3.05, 3.63) is 27.4 Å². The Labute approximate surface area is 109 Å². The van der Waals surface area contributed by atoms with Gasteiger partial charge in [0.05, 0.1) is 9.95 Å². The lowest BCUT2D eigenvalue weighted by Crippen LogP contribution is -3.36. The van der Waals surface area contributed by atoms with Crippen molar-refractivity contribution >= 4 is 41.5 Å². The summed E-state index contributed by atoms with van der Waals surface area (Å²) in [7, 11) is 1.45. The van der Waals surface area contributed by atoms with E-state index in [0.717, 1.165) is 3.29 Å². The van der Waals surface area contributed by atoms with Crippen LogP contribution in [0.15, 0.2) is 17.3 Å². The van der Waals surface area contributed by atoms with Crippen molar-refractivity contribution in [1.29, 1.82) is 0 Å². The van der Waals surface area contributed by atoms with Crippen molar-refractivity contribution in [3.8, 4) is 0 Å². The number of hydrogen-bond donors (Lipinski definition) is 0. The number of nitrogens with zero attached hydrogens (tertiary/aromatic N) is 2. The standard InChI is InChI=1S/C5H3ClN2O2S.CH2I.Al/c6-3-1-4(8(9)10)5(11)7-2-3;1-2;/h1-2H,(H,7,11);1H2;/q;-1;+1/p-1. The van der Waals surface area contributed by atoms with Crippen LogP contribution < -0.4 is 22.6 Å². The van der Waals surface area contributed by atoms with Gasteiger partial charge in [0.15, 0.2) is 5.03 Å². The Balaban J connectivity index is 2.96. The molecule has 0 atom stereocenters. The number of hydrogen-bond acceptors (Lipinski definition) is 4. The van der Waals surface area contributed by atoms with Crippen LogP contribution in [0.1, 0.15) is 0 Å². The van der Waals surface area contributed by atoms with Crippen LogP contribution in [-0.2, 0) is 0 Å². The van der Waals surface area contributed by atoms with Gasteiger partial charge in [-0.25, -0.2) is 18.4 Å². The van der Waals surface area contributed by atoms with Crippen LogP contribution in [-0.4, -0.2) is 27.3 Å². The van der Waals surface area contributed by atoms with Gasteiger partial charge in [0, 0.05) is 12.3 Å². The lowest BCUT2D eigenvalue weighted by molar-refractivity contribution is -0.388. The van der Waals surface area contributed by atoms with E-state index in [4.69, 9.17) is 11.6 Å². The van der Waals surface area contributed by atoms with E-state index in [9.17, 15) is 10.1 Å². The number of aromatic nitrogens is 1. The molecular formula is C6H4AlClIN2O2S-. The van der Waals surface area contributed by atoms with Crippen LogP contribution in [0.5, 0.6) is 0 Å². The monoisotopic (exact) mass is 357 g/mol. The molecule has 0 unspecified atom stereocenters. The van der Waals surface area contributed by atoms with Gasteiger partial charge in [-0.3, -0.25) is 10.1 Å². The zero-order chi connectivity index (χ0) is 10.6. The molecule has 0 bridgehead atoms. The molecule has 1 aromatic rings. The summed E-state index contributed by atoms with van der Waals surface area (Å²) in [6.07, 6.45) is 1.43. The molecule has 8 heteroatoms. The highest BCUT2D eigenvalue weighted by Crippen LogP contribution is 2.27. The minimum Gasteiger partial charge on any atom is -0.812 e. The van der Waals surface area contributed by atoms with Crippen molar-refractivity contribution in [2.24, 2.45) is 0 Å². The quantitative estimate of drug-likeness (QED) is 0.225. The Kier molecular flexibility index (Phi) is 5.48. The maximum Gasteiger partial charge on any atom is 0.301 e. The predicted molar refractivity (Wildman–Crippen MR) is 52.4 cm³/mol.